The van der Waals surface area contributed by atoms with Crippen LogP contribution in [-0.2, 0) is 6.42 Å². The minimum absolute atomic E-state index is 0.0199. The topological polar surface area (TPSA) is 38.1 Å². The normalized spacial score (nSPS) is 16.7. The lowest BCUT2D eigenvalue weighted by Crippen LogP contribution is -2.37. The molecule has 27 heavy (non-hydrogen) atoms. The van der Waals surface area contributed by atoms with Crippen molar-refractivity contribution >= 4 is 5.91 Å². The van der Waals surface area contributed by atoms with E-state index in [1.165, 1.54) is 16.3 Å². The van der Waals surface area contributed by atoms with Crippen molar-refractivity contribution in [3.63, 3.8) is 0 Å². The second-order valence-corrected chi connectivity index (χ2v) is 6.99. The summed E-state index contributed by atoms with van der Waals surface area (Å²) in [6.07, 6.45) is 4.42. The summed E-state index contributed by atoms with van der Waals surface area (Å²) in [5.74, 6) is -0.376. The summed E-state index contributed by atoms with van der Waals surface area (Å²) in [6, 6.07) is 16.9. The lowest BCUT2D eigenvalue weighted by molar-refractivity contribution is 0.0735. The molecule has 1 fully saturated rings. The summed E-state index contributed by atoms with van der Waals surface area (Å²) in [6.45, 7) is 2.57. The molecule has 4 rings (SSSR count). The predicted octanol–water partition coefficient (Wildman–Crippen LogP) is 4.17. The highest BCUT2D eigenvalue weighted by atomic mass is 19.1. The van der Waals surface area contributed by atoms with Gasteiger partial charge in [-0.25, -0.2) is 9.07 Å². The number of hydrogen-bond acceptors (Lipinski definition) is 2. The average molecular weight is 363 g/mol. The zero-order valence-corrected chi connectivity index (χ0v) is 15.3. The molecule has 4 nitrogen and oxygen atoms in total. The Kier molecular flexibility index (Phi) is 4.75. The Morgan fingerprint density at radius 3 is 2.67 bits per heavy atom. The predicted molar refractivity (Wildman–Crippen MR) is 102 cm³/mol. The Hall–Kier alpha value is -2.95. The number of hydrogen-bond donors (Lipinski definition) is 0. The van der Waals surface area contributed by atoms with E-state index in [-0.39, 0.29) is 17.8 Å². The van der Waals surface area contributed by atoms with Gasteiger partial charge in [0.25, 0.3) is 5.91 Å². The van der Waals surface area contributed by atoms with Crippen LogP contribution in [0.1, 0.15) is 34.5 Å². The van der Waals surface area contributed by atoms with Crippen LogP contribution in [0.2, 0.25) is 0 Å². The lowest BCUT2D eigenvalue weighted by Gasteiger charge is -2.25. The van der Waals surface area contributed by atoms with Crippen molar-refractivity contribution in [2.45, 2.75) is 32.2 Å². The molecule has 0 N–H and O–H groups in total. The smallest absolute Gasteiger partial charge is 0.257 e. The quantitative estimate of drug-likeness (QED) is 0.698. The van der Waals surface area contributed by atoms with E-state index >= 15 is 0 Å². The zero-order valence-electron chi connectivity index (χ0n) is 15.3. The number of likely N-dealkylation sites (tertiary alicyclic amines) is 1. The van der Waals surface area contributed by atoms with Gasteiger partial charge < -0.3 is 4.90 Å². The number of aromatic nitrogens is 2. The third-order valence-corrected chi connectivity index (χ3v) is 5.27. The largest absolute Gasteiger partial charge is 0.335 e. The van der Waals surface area contributed by atoms with Crippen molar-refractivity contribution in [1.29, 1.82) is 0 Å². The van der Waals surface area contributed by atoms with Crippen LogP contribution in [-0.4, -0.2) is 33.2 Å². The minimum Gasteiger partial charge on any atom is -0.335 e. The fourth-order valence-electron chi connectivity index (χ4n) is 3.84. The van der Waals surface area contributed by atoms with Gasteiger partial charge in [-0.05, 0) is 43.9 Å². The first-order chi connectivity index (χ1) is 13.1. The molecule has 1 unspecified atom stereocenters. The number of benzene rings is 2. The van der Waals surface area contributed by atoms with E-state index in [2.05, 4.69) is 17.2 Å². The van der Waals surface area contributed by atoms with Crippen LogP contribution in [0.15, 0.2) is 60.8 Å². The molecule has 5 heteroatoms. The molecule has 0 aliphatic carbocycles. The molecule has 1 aliphatic rings. The van der Waals surface area contributed by atoms with Crippen LogP contribution in [0.3, 0.4) is 0 Å². The highest BCUT2D eigenvalue weighted by Gasteiger charge is 2.31. The van der Waals surface area contributed by atoms with Crippen molar-refractivity contribution < 1.29 is 9.18 Å². The summed E-state index contributed by atoms with van der Waals surface area (Å²) in [4.78, 5) is 15.1. The molecule has 0 saturated carbocycles. The van der Waals surface area contributed by atoms with Crippen LogP contribution in [0.25, 0.3) is 5.69 Å². The second kappa shape index (κ2) is 7.35. The molecular weight excluding hydrogens is 341 g/mol. The van der Waals surface area contributed by atoms with E-state index in [9.17, 15) is 9.18 Å². The van der Waals surface area contributed by atoms with Gasteiger partial charge in [-0.3, -0.25) is 4.79 Å². The first-order valence-electron chi connectivity index (χ1n) is 9.29. The van der Waals surface area contributed by atoms with E-state index in [0.29, 0.717) is 16.9 Å². The summed E-state index contributed by atoms with van der Waals surface area (Å²) in [5, 5.41) is 4.28. The van der Waals surface area contributed by atoms with E-state index < -0.39 is 0 Å². The van der Waals surface area contributed by atoms with Crippen molar-refractivity contribution in [2.75, 3.05) is 6.54 Å². The van der Waals surface area contributed by atoms with Crippen molar-refractivity contribution in [2.24, 2.45) is 0 Å². The Balaban J connectivity index is 1.58. The molecule has 1 saturated heterocycles. The van der Waals surface area contributed by atoms with E-state index in [1.807, 2.05) is 30.0 Å². The number of amides is 1. The van der Waals surface area contributed by atoms with Crippen LogP contribution in [0, 0.1) is 12.7 Å². The maximum absolute atomic E-state index is 14.1. The number of nitrogens with zero attached hydrogens (tertiary/aromatic N) is 3. The van der Waals surface area contributed by atoms with E-state index in [0.717, 1.165) is 25.8 Å². The molecular formula is C22H22FN3O. The summed E-state index contributed by atoms with van der Waals surface area (Å²) < 4.78 is 15.6. The van der Waals surface area contributed by atoms with Crippen LogP contribution >= 0.6 is 0 Å². The second-order valence-electron chi connectivity index (χ2n) is 6.99. The molecule has 0 radical (unpaired) electrons. The molecule has 1 amide bonds. The van der Waals surface area contributed by atoms with Crippen LogP contribution in [0.4, 0.5) is 4.39 Å². The molecule has 1 atom stereocenters. The zero-order chi connectivity index (χ0) is 18.8. The van der Waals surface area contributed by atoms with Gasteiger partial charge in [0.2, 0.25) is 0 Å². The van der Waals surface area contributed by atoms with Gasteiger partial charge in [0.05, 0.1) is 17.5 Å². The molecule has 1 aromatic heterocycles. The minimum atomic E-state index is -0.356. The monoisotopic (exact) mass is 363 g/mol. The van der Waals surface area contributed by atoms with E-state index in [1.54, 1.807) is 24.4 Å². The maximum Gasteiger partial charge on any atom is 0.257 e. The van der Waals surface area contributed by atoms with Crippen molar-refractivity contribution in [1.82, 2.24) is 14.7 Å². The highest BCUT2D eigenvalue weighted by Crippen LogP contribution is 2.25. The van der Waals surface area contributed by atoms with Gasteiger partial charge in [0, 0.05) is 12.6 Å². The Labute approximate surface area is 158 Å². The molecule has 2 heterocycles. The van der Waals surface area contributed by atoms with Gasteiger partial charge in [0.1, 0.15) is 11.5 Å². The fourth-order valence-corrected chi connectivity index (χ4v) is 3.84. The lowest BCUT2D eigenvalue weighted by atomic mass is 10.0. The summed E-state index contributed by atoms with van der Waals surface area (Å²) in [5.41, 5.74) is 2.80. The highest BCUT2D eigenvalue weighted by molar-refractivity contribution is 5.95. The fraction of sp³-hybridized carbons (Fsp3) is 0.273. The number of rotatable bonds is 4. The summed E-state index contributed by atoms with van der Waals surface area (Å²) in [7, 11) is 0. The van der Waals surface area contributed by atoms with E-state index in [4.69, 9.17) is 0 Å². The third-order valence-electron chi connectivity index (χ3n) is 5.27. The summed E-state index contributed by atoms with van der Waals surface area (Å²) >= 11 is 0. The Morgan fingerprint density at radius 1 is 1.15 bits per heavy atom. The molecule has 0 spiro atoms. The Bertz CT molecular complexity index is 951. The molecule has 3 aromatic rings. The number of para-hydroxylation sites is 1. The van der Waals surface area contributed by atoms with Crippen LogP contribution < -0.4 is 0 Å². The average Bonchev–Trinajstić information content (AvgIpc) is 3.29. The number of carbonyl (C=O) groups excluding carboxylic acids is 1. The van der Waals surface area contributed by atoms with Gasteiger partial charge in [0.15, 0.2) is 0 Å². The molecule has 0 bridgehead atoms. The SMILES string of the molecule is Cc1c(C(=O)N2CCCC2Cc2ccccc2)cnn1-c1ccccc1F. The van der Waals surface area contributed by atoms with Gasteiger partial charge >= 0.3 is 0 Å². The Morgan fingerprint density at radius 2 is 1.89 bits per heavy atom. The van der Waals surface area contributed by atoms with Crippen molar-refractivity contribution in [3.05, 3.63) is 83.4 Å². The van der Waals surface area contributed by atoms with Gasteiger partial charge in [-0.15, -0.1) is 0 Å². The van der Waals surface area contributed by atoms with Crippen molar-refractivity contribution in [3.8, 4) is 5.69 Å². The van der Waals surface area contributed by atoms with Gasteiger partial charge in [-0.2, -0.15) is 5.10 Å². The number of carbonyl (C=O) groups is 1. The standard InChI is InChI=1S/C22H22FN3O/c1-16-19(15-24-26(16)21-12-6-5-11-20(21)23)22(27)25-13-7-10-18(25)14-17-8-3-2-4-9-17/h2-6,8-9,11-12,15,18H,7,10,13-14H2,1H3. The first kappa shape index (κ1) is 17.5. The number of halogens is 1. The maximum atomic E-state index is 14.1. The third kappa shape index (κ3) is 3.37. The molecule has 138 valence electrons. The first-order valence-corrected chi connectivity index (χ1v) is 9.29. The molecule has 2 aromatic carbocycles. The van der Waals surface area contributed by atoms with Crippen LogP contribution in [0.5, 0.6) is 0 Å². The molecule has 1 aliphatic heterocycles. The van der Waals surface area contributed by atoms with Gasteiger partial charge in [-0.1, -0.05) is 42.5 Å².